The highest BCUT2D eigenvalue weighted by Gasteiger charge is 2.29. The van der Waals surface area contributed by atoms with Gasteiger partial charge in [0.25, 0.3) is 5.91 Å². The van der Waals surface area contributed by atoms with Crippen LogP contribution < -0.4 is 9.47 Å². The second kappa shape index (κ2) is 9.91. The average Bonchev–Trinajstić information content (AvgIpc) is 3.27. The van der Waals surface area contributed by atoms with Gasteiger partial charge in [0.15, 0.2) is 11.5 Å². The molecule has 0 atom stereocenters. The fourth-order valence-electron chi connectivity index (χ4n) is 4.11. The summed E-state index contributed by atoms with van der Waals surface area (Å²) in [4.78, 5) is 22.1. The molecule has 4 rings (SSSR count). The van der Waals surface area contributed by atoms with Crippen LogP contribution in [0, 0.1) is 0 Å². The van der Waals surface area contributed by atoms with Crippen molar-refractivity contribution in [3.8, 4) is 11.5 Å². The van der Waals surface area contributed by atoms with Gasteiger partial charge in [0.2, 0.25) is 6.79 Å². The molecule has 0 spiro atoms. The first-order chi connectivity index (χ1) is 14.7. The number of carbonyl (C=O) groups is 1. The van der Waals surface area contributed by atoms with Gasteiger partial charge in [-0.2, -0.15) is 0 Å². The maximum atomic E-state index is 13.3. The van der Waals surface area contributed by atoms with Gasteiger partial charge in [-0.15, -0.1) is 0 Å². The van der Waals surface area contributed by atoms with Gasteiger partial charge < -0.3 is 24.0 Å². The second-order valence-electron chi connectivity index (χ2n) is 7.70. The van der Waals surface area contributed by atoms with E-state index < -0.39 is 0 Å². The summed E-state index contributed by atoms with van der Waals surface area (Å²) in [6.45, 7) is 4.28. The van der Waals surface area contributed by atoms with Gasteiger partial charge in [-0.25, -0.2) is 0 Å². The number of carbonyl (C=O) groups excluding carboxylic acids is 1. The third-order valence-corrected chi connectivity index (χ3v) is 5.82. The van der Waals surface area contributed by atoms with Crippen molar-refractivity contribution in [2.24, 2.45) is 0 Å². The minimum Gasteiger partial charge on any atom is -0.454 e. The SMILES string of the molecule is COCCN(C(=O)c1ccc2c(c1)OCO2)C1CCN(CCc2ccccn2)CC1. The summed E-state index contributed by atoms with van der Waals surface area (Å²) in [6, 6.07) is 11.7. The van der Waals surface area contributed by atoms with Crippen LogP contribution >= 0.6 is 0 Å². The predicted octanol–water partition coefficient (Wildman–Crippen LogP) is 2.61. The van der Waals surface area contributed by atoms with Crippen LogP contribution in [0.15, 0.2) is 42.6 Å². The largest absolute Gasteiger partial charge is 0.454 e. The highest BCUT2D eigenvalue weighted by atomic mass is 16.7. The molecule has 0 bridgehead atoms. The van der Waals surface area contributed by atoms with E-state index in [-0.39, 0.29) is 18.7 Å². The van der Waals surface area contributed by atoms with E-state index in [0.717, 1.165) is 44.6 Å². The minimum atomic E-state index is 0.0253. The van der Waals surface area contributed by atoms with Crippen LogP contribution in [0.3, 0.4) is 0 Å². The van der Waals surface area contributed by atoms with Crippen molar-refractivity contribution >= 4 is 5.91 Å². The Hall–Kier alpha value is -2.64. The first-order valence-corrected chi connectivity index (χ1v) is 10.6. The molecule has 1 amide bonds. The van der Waals surface area contributed by atoms with Gasteiger partial charge in [0.05, 0.1) is 6.61 Å². The maximum Gasteiger partial charge on any atom is 0.254 e. The summed E-state index contributed by atoms with van der Waals surface area (Å²) >= 11 is 0. The summed E-state index contributed by atoms with van der Waals surface area (Å²) in [5, 5.41) is 0. The normalized spacial score (nSPS) is 16.6. The Morgan fingerprint density at radius 2 is 2.03 bits per heavy atom. The molecule has 0 aliphatic carbocycles. The number of ether oxygens (including phenoxy) is 3. The molecule has 1 fully saturated rings. The van der Waals surface area contributed by atoms with Crippen LogP contribution in [-0.2, 0) is 11.2 Å². The number of rotatable bonds is 8. The predicted molar refractivity (Wildman–Crippen MR) is 113 cm³/mol. The van der Waals surface area contributed by atoms with E-state index in [0.29, 0.717) is 30.2 Å². The van der Waals surface area contributed by atoms with Crippen molar-refractivity contribution in [3.63, 3.8) is 0 Å². The number of fused-ring (bicyclic) bond motifs is 1. The van der Waals surface area contributed by atoms with Crippen molar-refractivity contribution in [1.29, 1.82) is 0 Å². The van der Waals surface area contributed by atoms with Crippen LogP contribution in [0.4, 0.5) is 0 Å². The quantitative estimate of drug-likeness (QED) is 0.665. The van der Waals surface area contributed by atoms with Gasteiger partial charge in [-0.3, -0.25) is 9.78 Å². The summed E-state index contributed by atoms with van der Waals surface area (Å²) in [7, 11) is 1.67. The zero-order chi connectivity index (χ0) is 20.8. The molecule has 0 N–H and O–H groups in total. The standard InChI is InChI=1S/C23H29N3O4/c1-28-15-14-26(23(27)18-5-6-21-22(16-18)30-17-29-21)20-8-12-25(13-9-20)11-7-19-4-2-3-10-24-19/h2-6,10,16,20H,7-9,11-15,17H2,1H3. The van der Waals surface area contributed by atoms with E-state index in [4.69, 9.17) is 14.2 Å². The molecule has 1 aromatic carbocycles. The molecule has 3 heterocycles. The lowest BCUT2D eigenvalue weighted by molar-refractivity contribution is 0.0486. The number of aromatic nitrogens is 1. The van der Waals surface area contributed by atoms with Crippen LogP contribution in [0.5, 0.6) is 11.5 Å². The molecular weight excluding hydrogens is 382 g/mol. The molecule has 2 aromatic rings. The van der Waals surface area contributed by atoms with Crippen LogP contribution in [0.25, 0.3) is 0 Å². The summed E-state index contributed by atoms with van der Waals surface area (Å²) in [5.74, 6) is 1.35. The first-order valence-electron chi connectivity index (χ1n) is 10.6. The number of amides is 1. The number of methoxy groups -OCH3 is 1. The summed E-state index contributed by atoms with van der Waals surface area (Å²) < 4.78 is 16.1. The van der Waals surface area contributed by atoms with Crippen molar-refractivity contribution in [2.45, 2.75) is 25.3 Å². The molecule has 2 aliphatic heterocycles. The fraction of sp³-hybridized carbons (Fsp3) is 0.478. The number of benzene rings is 1. The number of hydrogen-bond donors (Lipinski definition) is 0. The molecule has 2 aliphatic rings. The molecule has 1 aromatic heterocycles. The lowest BCUT2D eigenvalue weighted by Gasteiger charge is -2.38. The van der Waals surface area contributed by atoms with Gasteiger partial charge >= 0.3 is 0 Å². The topological polar surface area (TPSA) is 64.1 Å². The Bertz CT molecular complexity index is 838. The number of hydrogen-bond acceptors (Lipinski definition) is 6. The zero-order valence-corrected chi connectivity index (χ0v) is 17.5. The van der Waals surface area contributed by atoms with Crippen LogP contribution in [0.1, 0.15) is 28.9 Å². The lowest BCUT2D eigenvalue weighted by Crippen LogP contribution is -2.48. The number of nitrogens with zero attached hydrogens (tertiary/aromatic N) is 3. The van der Waals surface area contributed by atoms with Gasteiger partial charge in [-0.05, 0) is 43.2 Å². The van der Waals surface area contributed by atoms with Gasteiger partial charge in [0.1, 0.15) is 0 Å². The van der Waals surface area contributed by atoms with Crippen molar-refractivity contribution in [1.82, 2.24) is 14.8 Å². The molecule has 0 radical (unpaired) electrons. The molecule has 7 nitrogen and oxygen atoms in total. The van der Waals surface area contributed by atoms with Crippen molar-refractivity contribution in [3.05, 3.63) is 53.9 Å². The Balaban J connectivity index is 1.36. The summed E-state index contributed by atoms with van der Waals surface area (Å²) in [5.41, 5.74) is 1.76. The Morgan fingerprint density at radius 3 is 2.80 bits per heavy atom. The molecule has 7 heteroatoms. The Kier molecular flexibility index (Phi) is 6.81. The number of likely N-dealkylation sites (tertiary alicyclic amines) is 1. The molecule has 160 valence electrons. The van der Waals surface area contributed by atoms with E-state index in [1.165, 1.54) is 0 Å². The van der Waals surface area contributed by atoms with E-state index in [9.17, 15) is 4.79 Å². The Morgan fingerprint density at radius 1 is 1.20 bits per heavy atom. The van der Waals surface area contributed by atoms with Crippen LogP contribution in [-0.4, -0.2) is 73.4 Å². The van der Waals surface area contributed by atoms with E-state index >= 15 is 0 Å². The third kappa shape index (κ3) is 4.91. The molecule has 30 heavy (non-hydrogen) atoms. The zero-order valence-electron chi connectivity index (χ0n) is 17.5. The van der Waals surface area contributed by atoms with E-state index in [1.807, 2.05) is 35.4 Å². The van der Waals surface area contributed by atoms with Gasteiger partial charge in [-0.1, -0.05) is 6.07 Å². The molecule has 1 saturated heterocycles. The highest BCUT2D eigenvalue weighted by molar-refractivity contribution is 5.95. The Labute approximate surface area is 177 Å². The fourth-order valence-corrected chi connectivity index (χ4v) is 4.11. The molecular formula is C23H29N3O4. The molecule has 0 saturated carbocycles. The summed E-state index contributed by atoms with van der Waals surface area (Å²) in [6.07, 6.45) is 4.72. The van der Waals surface area contributed by atoms with Crippen LogP contribution in [0.2, 0.25) is 0 Å². The van der Waals surface area contributed by atoms with Crippen molar-refractivity contribution in [2.75, 3.05) is 46.7 Å². The second-order valence-corrected chi connectivity index (χ2v) is 7.70. The third-order valence-electron chi connectivity index (χ3n) is 5.82. The van der Waals surface area contributed by atoms with Gasteiger partial charge in [0, 0.05) is 63.2 Å². The minimum absolute atomic E-state index is 0.0253. The lowest BCUT2D eigenvalue weighted by atomic mass is 10.0. The van der Waals surface area contributed by atoms with E-state index in [2.05, 4.69) is 16.0 Å². The van der Waals surface area contributed by atoms with E-state index in [1.54, 1.807) is 13.2 Å². The monoisotopic (exact) mass is 411 g/mol. The smallest absolute Gasteiger partial charge is 0.254 e. The first kappa shape index (κ1) is 20.6. The van der Waals surface area contributed by atoms with Crippen molar-refractivity contribution < 1.29 is 19.0 Å². The highest BCUT2D eigenvalue weighted by Crippen LogP contribution is 2.33. The number of pyridine rings is 1. The molecule has 0 unspecified atom stereocenters. The maximum absolute atomic E-state index is 13.3. The average molecular weight is 412 g/mol. The number of piperidine rings is 1.